The van der Waals surface area contributed by atoms with Crippen LogP contribution in [0.15, 0.2) is 0 Å². The SMILES string of the molecule is CN(C)CCCN1CCC(=O)NC2(CCCCC2)C1=O. The predicted octanol–water partition coefficient (Wildman–Crippen LogP) is 0.989. The quantitative estimate of drug-likeness (QED) is 0.836. The van der Waals surface area contributed by atoms with Crippen molar-refractivity contribution in [1.82, 2.24) is 15.1 Å². The zero-order chi connectivity index (χ0) is 14.6. The van der Waals surface area contributed by atoms with Gasteiger partial charge in [-0.1, -0.05) is 19.3 Å². The minimum atomic E-state index is -0.593. The zero-order valence-corrected chi connectivity index (χ0v) is 12.8. The molecule has 0 aromatic heterocycles. The summed E-state index contributed by atoms with van der Waals surface area (Å²) >= 11 is 0. The van der Waals surface area contributed by atoms with E-state index < -0.39 is 5.54 Å². The molecule has 1 saturated heterocycles. The number of rotatable bonds is 4. The van der Waals surface area contributed by atoms with E-state index >= 15 is 0 Å². The fourth-order valence-electron chi connectivity index (χ4n) is 3.31. The Morgan fingerprint density at radius 1 is 1.20 bits per heavy atom. The monoisotopic (exact) mass is 281 g/mol. The minimum absolute atomic E-state index is 0.0374. The van der Waals surface area contributed by atoms with E-state index in [1.54, 1.807) is 0 Å². The number of carbonyl (C=O) groups is 2. The maximum absolute atomic E-state index is 12.8. The first-order valence-electron chi connectivity index (χ1n) is 7.79. The molecule has 2 fully saturated rings. The van der Waals surface area contributed by atoms with Crippen LogP contribution in [-0.4, -0.2) is 60.9 Å². The smallest absolute Gasteiger partial charge is 0.248 e. The van der Waals surface area contributed by atoms with Crippen LogP contribution in [0.5, 0.6) is 0 Å². The normalized spacial score (nSPS) is 23.1. The van der Waals surface area contributed by atoms with E-state index in [0.29, 0.717) is 13.0 Å². The highest BCUT2D eigenvalue weighted by Gasteiger charge is 2.44. The molecular weight excluding hydrogens is 254 g/mol. The van der Waals surface area contributed by atoms with Crippen LogP contribution in [0.25, 0.3) is 0 Å². The van der Waals surface area contributed by atoms with Gasteiger partial charge >= 0.3 is 0 Å². The van der Waals surface area contributed by atoms with Crippen molar-refractivity contribution in [2.75, 3.05) is 33.7 Å². The molecule has 2 amide bonds. The predicted molar refractivity (Wildman–Crippen MR) is 78.3 cm³/mol. The van der Waals surface area contributed by atoms with Crippen LogP contribution in [-0.2, 0) is 9.59 Å². The van der Waals surface area contributed by atoms with Crippen molar-refractivity contribution in [1.29, 1.82) is 0 Å². The van der Waals surface area contributed by atoms with Crippen LogP contribution < -0.4 is 5.32 Å². The topological polar surface area (TPSA) is 52.6 Å². The first-order valence-corrected chi connectivity index (χ1v) is 7.79. The van der Waals surface area contributed by atoms with Crippen LogP contribution in [0.4, 0.5) is 0 Å². The lowest BCUT2D eigenvalue weighted by Crippen LogP contribution is -2.58. The maximum atomic E-state index is 12.8. The van der Waals surface area contributed by atoms with E-state index in [9.17, 15) is 9.59 Å². The van der Waals surface area contributed by atoms with Crippen LogP contribution in [0.1, 0.15) is 44.9 Å². The number of carbonyl (C=O) groups excluding carboxylic acids is 2. The Labute approximate surface area is 121 Å². The molecule has 0 unspecified atom stereocenters. The molecule has 1 saturated carbocycles. The van der Waals surface area contributed by atoms with Crippen LogP contribution >= 0.6 is 0 Å². The fourth-order valence-corrected chi connectivity index (χ4v) is 3.31. The average molecular weight is 281 g/mol. The van der Waals surface area contributed by atoms with Gasteiger partial charge in [0.25, 0.3) is 0 Å². The molecule has 5 nitrogen and oxygen atoms in total. The number of nitrogens with zero attached hydrogens (tertiary/aromatic N) is 2. The van der Waals surface area contributed by atoms with Gasteiger partial charge in [-0.2, -0.15) is 0 Å². The molecule has 0 aromatic rings. The molecule has 1 aliphatic heterocycles. The standard InChI is InChI=1S/C15H27N3O2/c1-17(2)10-6-11-18-12-7-13(19)16-15(14(18)20)8-4-3-5-9-15/h3-12H2,1-2H3,(H,16,19). The highest BCUT2D eigenvalue weighted by atomic mass is 16.2. The Hall–Kier alpha value is -1.10. The number of amides is 2. The van der Waals surface area contributed by atoms with E-state index in [0.717, 1.165) is 45.2 Å². The largest absolute Gasteiger partial charge is 0.342 e. The molecule has 0 aromatic carbocycles. The first-order chi connectivity index (χ1) is 9.53. The summed E-state index contributed by atoms with van der Waals surface area (Å²) < 4.78 is 0. The molecule has 1 spiro atoms. The molecule has 0 atom stereocenters. The lowest BCUT2D eigenvalue weighted by Gasteiger charge is -2.38. The molecule has 1 heterocycles. The average Bonchev–Trinajstić information content (AvgIpc) is 2.51. The number of hydrogen-bond donors (Lipinski definition) is 1. The van der Waals surface area contributed by atoms with Crippen LogP contribution in [0.3, 0.4) is 0 Å². The molecule has 114 valence electrons. The van der Waals surface area contributed by atoms with E-state index in [1.165, 1.54) is 6.42 Å². The second kappa shape index (κ2) is 6.57. The molecule has 20 heavy (non-hydrogen) atoms. The highest BCUT2D eigenvalue weighted by Crippen LogP contribution is 2.31. The van der Waals surface area contributed by atoms with E-state index in [2.05, 4.69) is 10.2 Å². The Morgan fingerprint density at radius 2 is 1.90 bits per heavy atom. The molecule has 1 N–H and O–H groups in total. The Morgan fingerprint density at radius 3 is 2.55 bits per heavy atom. The van der Waals surface area contributed by atoms with E-state index in [1.807, 2.05) is 19.0 Å². The summed E-state index contributed by atoms with van der Waals surface area (Å²) in [6.45, 7) is 2.30. The van der Waals surface area contributed by atoms with Crippen molar-refractivity contribution in [3.63, 3.8) is 0 Å². The Kier molecular flexibility index (Phi) is 5.02. The van der Waals surface area contributed by atoms with Gasteiger partial charge in [0.05, 0.1) is 0 Å². The molecule has 5 heteroatoms. The third-order valence-electron chi connectivity index (χ3n) is 4.42. The van der Waals surface area contributed by atoms with E-state index in [-0.39, 0.29) is 11.8 Å². The molecule has 0 bridgehead atoms. The Balaban J connectivity index is 2.04. The van der Waals surface area contributed by atoms with Crippen molar-refractivity contribution >= 4 is 11.8 Å². The summed E-state index contributed by atoms with van der Waals surface area (Å²) in [4.78, 5) is 28.8. The zero-order valence-electron chi connectivity index (χ0n) is 12.8. The van der Waals surface area contributed by atoms with E-state index in [4.69, 9.17) is 0 Å². The lowest BCUT2D eigenvalue weighted by atomic mass is 9.80. The number of nitrogens with one attached hydrogen (secondary N) is 1. The van der Waals surface area contributed by atoms with Crippen molar-refractivity contribution in [2.24, 2.45) is 0 Å². The molecule has 1 aliphatic carbocycles. The van der Waals surface area contributed by atoms with Gasteiger partial charge in [0.2, 0.25) is 11.8 Å². The van der Waals surface area contributed by atoms with Crippen molar-refractivity contribution in [3.05, 3.63) is 0 Å². The van der Waals surface area contributed by atoms with Crippen molar-refractivity contribution in [3.8, 4) is 0 Å². The van der Waals surface area contributed by atoms with Crippen molar-refractivity contribution < 1.29 is 9.59 Å². The fraction of sp³-hybridized carbons (Fsp3) is 0.867. The second-order valence-electron chi connectivity index (χ2n) is 6.39. The van der Waals surface area contributed by atoms with Gasteiger partial charge in [0, 0.05) is 19.5 Å². The maximum Gasteiger partial charge on any atom is 0.248 e. The summed E-state index contributed by atoms with van der Waals surface area (Å²) in [6.07, 6.45) is 6.27. The third kappa shape index (κ3) is 3.51. The van der Waals surface area contributed by atoms with Gasteiger partial charge in [-0.3, -0.25) is 9.59 Å². The highest BCUT2D eigenvalue weighted by molar-refractivity contribution is 5.93. The van der Waals surface area contributed by atoms with Crippen molar-refractivity contribution in [2.45, 2.75) is 50.5 Å². The Bertz CT molecular complexity index is 362. The summed E-state index contributed by atoms with van der Waals surface area (Å²) in [5.74, 6) is 0.192. The minimum Gasteiger partial charge on any atom is -0.342 e. The van der Waals surface area contributed by atoms with Gasteiger partial charge in [-0.25, -0.2) is 0 Å². The summed E-state index contributed by atoms with van der Waals surface area (Å²) in [6, 6.07) is 0. The van der Waals surface area contributed by atoms with Gasteiger partial charge in [0.15, 0.2) is 0 Å². The summed E-state index contributed by atoms with van der Waals surface area (Å²) in [7, 11) is 4.08. The van der Waals surface area contributed by atoms with Gasteiger partial charge < -0.3 is 15.1 Å². The molecule has 2 rings (SSSR count). The number of hydrogen-bond acceptors (Lipinski definition) is 3. The second-order valence-corrected chi connectivity index (χ2v) is 6.39. The first kappa shape index (κ1) is 15.3. The molecule has 0 radical (unpaired) electrons. The van der Waals surface area contributed by atoms with Gasteiger partial charge in [-0.15, -0.1) is 0 Å². The molecule has 2 aliphatic rings. The van der Waals surface area contributed by atoms with Crippen LogP contribution in [0, 0.1) is 0 Å². The summed E-state index contributed by atoms with van der Waals surface area (Å²) in [5, 5.41) is 3.03. The third-order valence-corrected chi connectivity index (χ3v) is 4.42. The van der Waals surface area contributed by atoms with Crippen LogP contribution in [0.2, 0.25) is 0 Å². The summed E-state index contributed by atoms with van der Waals surface area (Å²) in [5.41, 5.74) is -0.593. The van der Waals surface area contributed by atoms with Gasteiger partial charge in [0.1, 0.15) is 5.54 Å². The lowest BCUT2D eigenvalue weighted by molar-refractivity contribution is -0.140. The van der Waals surface area contributed by atoms with Gasteiger partial charge in [-0.05, 0) is 39.9 Å². The molecular formula is C15H27N3O2.